The van der Waals surface area contributed by atoms with Crippen molar-refractivity contribution >= 4 is 11.0 Å². The van der Waals surface area contributed by atoms with E-state index in [1.807, 2.05) is 0 Å². The van der Waals surface area contributed by atoms with Crippen LogP contribution < -0.4 is 10.4 Å². The molecule has 2 aromatic heterocycles. The van der Waals surface area contributed by atoms with Crippen molar-refractivity contribution in [3.8, 4) is 5.88 Å². The van der Waals surface area contributed by atoms with E-state index < -0.39 is 5.82 Å². The van der Waals surface area contributed by atoms with Gasteiger partial charge in [0.2, 0.25) is 5.82 Å². The minimum atomic E-state index is -0.578. The first-order chi connectivity index (χ1) is 7.66. The summed E-state index contributed by atoms with van der Waals surface area (Å²) in [4.78, 5) is 17.7. The lowest BCUT2D eigenvalue weighted by atomic mass is 10.4. The summed E-state index contributed by atoms with van der Waals surface area (Å²) < 4.78 is 20.5. The Morgan fingerprint density at radius 1 is 1.62 bits per heavy atom. The molecule has 0 atom stereocenters. The second-order valence-corrected chi connectivity index (χ2v) is 3.95. The zero-order valence-corrected chi connectivity index (χ0v) is 8.66. The van der Waals surface area contributed by atoms with Gasteiger partial charge in [0.1, 0.15) is 11.6 Å². The molecule has 84 valence electrons. The number of aromatic nitrogens is 3. The number of ether oxygens (including phenoxy) is 1. The summed E-state index contributed by atoms with van der Waals surface area (Å²) in [6.45, 7) is 0. The number of H-pyrrole nitrogens is 1. The lowest BCUT2D eigenvalue weighted by molar-refractivity contribution is 0.276. The first-order valence-corrected chi connectivity index (χ1v) is 5.06. The van der Waals surface area contributed by atoms with Crippen molar-refractivity contribution in [1.82, 2.24) is 14.5 Å². The zero-order valence-electron chi connectivity index (χ0n) is 8.66. The van der Waals surface area contributed by atoms with Crippen LogP contribution in [-0.2, 0) is 7.05 Å². The van der Waals surface area contributed by atoms with Gasteiger partial charge in [-0.3, -0.25) is 4.57 Å². The molecular weight excluding hydrogens is 213 g/mol. The van der Waals surface area contributed by atoms with Crippen molar-refractivity contribution in [1.29, 1.82) is 0 Å². The van der Waals surface area contributed by atoms with Crippen molar-refractivity contribution in [2.45, 2.75) is 18.9 Å². The molecule has 1 N–H and O–H groups in total. The van der Waals surface area contributed by atoms with Gasteiger partial charge >= 0.3 is 5.69 Å². The normalized spacial score (nSPS) is 15.6. The van der Waals surface area contributed by atoms with E-state index >= 15 is 0 Å². The van der Waals surface area contributed by atoms with Crippen LogP contribution in [0.3, 0.4) is 0 Å². The number of hydrogen-bond acceptors (Lipinski definition) is 3. The number of rotatable bonds is 2. The van der Waals surface area contributed by atoms with Crippen LogP contribution in [0.25, 0.3) is 11.0 Å². The third-order valence-corrected chi connectivity index (χ3v) is 2.65. The maximum atomic E-state index is 14.0. The topological polar surface area (TPSA) is 59.9 Å². The van der Waals surface area contributed by atoms with Crippen LogP contribution in [-0.4, -0.2) is 20.6 Å². The van der Waals surface area contributed by atoms with E-state index in [0.29, 0.717) is 5.52 Å². The third kappa shape index (κ3) is 1.30. The fourth-order valence-corrected chi connectivity index (χ4v) is 1.61. The summed E-state index contributed by atoms with van der Waals surface area (Å²) in [7, 11) is 1.51. The van der Waals surface area contributed by atoms with Gasteiger partial charge in [-0.15, -0.1) is 0 Å². The molecule has 0 bridgehead atoms. The van der Waals surface area contributed by atoms with Gasteiger partial charge in [-0.05, 0) is 12.8 Å². The van der Waals surface area contributed by atoms with Crippen LogP contribution in [0.15, 0.2) is 11.0 Å². The predicted octanol–water partition coefficient (Wildman–Crippen LogP) is 0.942. The second kappa shape index (κ2) is 3.07. The standard InChI is InChI=1S/C10H10FN3O2/c1-14-8-6(13-10(14)15)4-12-9(7(8)11)16-5-2-3-5/h4-5H,2-3H2,1H3,(H,13,15). The Morgan fingerprint density at radius 3 is 3.06 bits per heavy atom. The minimum absolute atomic E-state index is 0.0235. The summed E-state index contributed by atoms with van der Waals surface area (Å²) >= 11 is 0. The number of imidazole rings is 1. The summed E-state index contributed by atoms with van der Waals surface area (Å²) in [6.07, 6.45) is 3.36. The molecule has 1 saturated carbocycles. The highest BCUT2D eigenvalue weighted by molar-refractivity contribution is 5.76. The molecule has 0 amide bonds. The number of pyridine rings is 1. The van der Waals surface area contributed by atoms with Gasteiger partial charge in [-0.2, -0.15) is 4.39 Å². The Balaban J connectivity index is 2.20. The molecule has 5 nitrogen and oxygen atoms in total. The molecule has 2 heterocycles. The second-order valence-electron chi connectivity index (χ2n) is 3.95. The van der Waals surface area contributed by atoms with Gasteiger partial charge in [0.05, 0.1) is 11.7 Å². The van der Waals surface area contributed by atoms with E-state index in [1.54, 1.807) is 0 Å². The Bertz CT molecular complexity index is 612. The Hall–Kier alpha value is -1.85. The van der Waals surface area contributed by atoms with E-state index in [2.05, 4.69) is 9.97 Å². The molecule has 0 aromatic carbocycles. The van der Waals surface area contributed by atoms with Crippen molar-refractivity contribution in [2.75, 3.05) is 0 Å². The fourth-order valence-electron chi connectivity index (χ4n) is 1.61. The number of nitrogens with zero attached hydrogens (tertiary/aromatic N) is 2. The Labute approximate surface area is 89.9 Å². The highest BCUT2D eigenvalue weighted by Crippen LogP contribution is 2.29. The number of aromatic amines is 1. The molecule has 3 rings (SSSR count). The lowest BCUT2D eigenvalue weighted by Crippen LogP contribution is -2.12. The number of fused-ring (bicyclic) bond motifs is 1. The number of aryl methyl sites for hydroxylation is 1. The smallest absolute Gasteiger partial charge is 0.326 e. The average Bonchev–Trinajstić information content (AvgIpc) is 3.00. The molecule has 6 heteroatoms. The number of hydrogen-bond donors (Lipinski definition) is 1. The molecule has 0 unspecified atom stereocenters. The van der Waals surface area contributed by atoms with Crippen LogP contribution in [0.2, 0.25) is 0 Å². The van der Waals surface area contributed by atoms with Crippen LogP contribution in [0.4, 0.5) is 4.39 Å². The van der Waals surface area contributed by atoms with Crippen molar-refractivity contribution < 1.29 is 9.13 Å². The molecule has 1 fully saturated rings. The van der Waals surface area contributed by atoms with E-state index in [1.165, 1.54) is 17.8 Å². The maximum absolute atomic E-state index is 14.0. The van der Waals surface area contributed by atoms with Gasteiger partial charge in [-0.1, -0.05) is 0 Å². The first kappa shape index (κ1) is 9.38. The van der Waals surface area contributed by atoms with Gasteiger partial charge in [0.25, 0.3) is 5.88 Å². The van der Waals surface area contributed by atoms with Gasteiger partial charge in [0, 0.05) is 7.05 Å². The molecule has 1 aliphatic rings. The van der Waals surface area contributed by atoms with E-state index in [0.717, 1.165) is 12.8 Å². The van der Waals surface area contributed by atoms with Gasteiger partial charge in [-0.25, -0.2) is 9.78 Å². The average molecular weight is 223 g/mol. The number of nitrogens with one attached hydrogen (secondary N) is 1. The Morgan fingerprint density at radius 2 is 2.38 bits per heavy atom. The predicted molar refractivity (Wildman–Crippen MR) is 54.9 cm³/mol. The molecule has 16 heavy (non-hydrogen) atoms. The van der Waals surface area contributed by atoms with Crippen LogP contribution in [0.1, 0.15) is 12.8 Å². The van der Waals surface area contributed by atoms with E-state index in [-0.39, 0.29) is 23.2 Å². The van der Waals surface area contributed by atoms with Gasteiger partial charge < -0.3 is 9.72 Å². The zero-order chi connectivity index (χ0) is 11.3. The number of halogens is 1. The summed E-state index contributed by atoms with van der Waals surface area (Å²) in [6, 6.07) is 0. The lowest BCUT2D eigenvalue weighted by Gasteiger charge is -2.05. The molecule has 0 saturated heterocycles. The summed E-state index contributed by atoms with van der Waals surface area (Å²) in [5.74, 6) is -0.602. The largest absolute Gasteiger partial charge is 0.472 e. The SMILES string of the molecule is Cn1c(=O)[nH]c2cnc(OC3CC3)c(F)c21. The quantitative estimate of drug-likeness (QED) is 0.824. The molecule has 0 aliphatic heterocycles. The highest BCUT2D eigenvalue weighted by atomic mass is 19.1. The minimum Gasteiger partial charge on any atom is -0.472 e. The molecule has 2 aromatic rings. The van der Waals surface area contributed by atoms with Crippen molar-refractivity contribution in [2.24, 2.45) is 7.05 Å². The van der Waals surface area contributed by atoms with Crippen LogP contribution in [0, 0.1) is 5.82 Å². The fraction of sp³-hybridized carbons (Fsp3) is 0.400. The molecule has 1 aliphatic carbocycles. The van der Waals surface area contributed by atoms with Crippen molar-refractivity contribution in [3.05, 3.63) is 22.5 Å². The summed E-state index contributed by atoms with van der Waals surface area (Å²) in [5, 5.41) is 0. The van der Waals surface area contributed by atoms with E-state index in [9.17, 15) is 9.18 Å². The van der Waals surface area contributed by atoms with Gasteiger partial charge in [0.15, 0.2) is 0 Å². The van der Waals surface area contributed by atoms with E-state index in [4.69, 9.17) is 4.74 Å². The molecular formula is C10H10FN3O2. The summed E-state index contributed by atoms with van der Waals surface area (Å²) in [5.41, 5.74) is 0.225. The molecule has 0 radical (unpaired) electrons. The van der Waals surface area contributed by atoms with Crippen molar-refractivity contribution in [3.63, 3.8) is 0 Å². The monoisotopic (exact) mass is 223 g/mol. The molecule has 0 spiro atoms. The highest BCUT2D eigenvalue weighted by Gasteiger charge is 2.26. The first-order valence-electron chi connectivity index (χ1n) is 5.06. The third-order valence-electron chi connectivity index (χ3n) is 2.65. The van der Waals surface area contributed by atoms with Crippen LogP contribution in [0.5, 0.6) is 5.88 Å². The Kier molecular flexibility index (Phi) is 1.80. The maximum Gasteiger partial charge on any atom is 0.326 e. The van der Waals surface area contributed by atoms with Crippen LogP contribution >= 0.6 is 0 Å².